The van der Waals surface area contributed by atoms with Gasteiger partial charge in [-0.1, -0.05) is 0 Å². The molecule has 1 atom stereocenters. The molecule has 0 radical (unpaired) electrons. The van der Waals surface area contributed by atoms with Gasteiger partial charge in [0.15, 0.2) is 0 Å². The molecule has 4 heteroatoms. The first kappa shape index (κ1) is 10.4. The zero-order chi connectivity index (χ0) is 9.97. The predicted molar refractivity (Wildman–Crippen MR) is 61.4 cm³/mol. The lowest BCUT2D eigenvalue weighted by Crippen LogP contribution is -2.13. The third-order valence-corrected chi connectivity index (χ3v) is 3.91. The van der Waals surface area contributed by atoms with E-state index in [1.807, 2.05) is 0 Å². The average Bonchev–Trinajstić information content (AvgIpc) is 2.74. The predicted octanol–water partition coefficient (Wildman–Crippen LogP) is 2.34. The van der Waals surface area contributed by atoms with Gasteiger partial charge in [-0.2, -0.15) is 0 Å². The number of thiazole rings is 1. The van der Waals surface area contributed by atoms with Crippen LogP contribution in [0.15, 0.2) is 5.38 Å². The van der Waals surface area contributed by atoms with Crippen LogP contribution < -0.4 is 0 Å². The van der Waals surface area contributed by atoms with Gasteiger partial charge in [-0.25, -0.2) is 4.98 Å². The minimum atomic E-state index is 0.661. The maximum absolute atomic E-state index is 5.68. The van der Waals surface area contributed by atoms with E-state index in [0.717, 1.165) is 18.7 Å². The van der Waals surface area contributed by atoms with Crippen LogP contribution in [0.1, 0.15) is 23.0 Å². The number of nitrogens with zero attached hydrogens (tertiary/aromatic N) is 2. The van der Waals surface area contributed by atoms with Crippen molar-refractivity contribution in [3.05, 3.63) is 16.1 Å². The molecule has 2 rings (SSSR count). The Labute approximate surface area is 93.9 Å². The fourth-order valence-electron chi connectivity index (χ4n) is 1.86. The minimum Gasteiger partial charge on any atom is -0.306 e. The second-order valence-electron chi connectivity index (χ2n) is 3.86. The summed E-state index contributed by atoms with van der Waals surface area (Å²) in [4.78, 5) is 6.99. The summed E-state index contributed by atoms with van der Waals surface area (Å²) in [6.45, 7) is 2.36. The van der Waals surface area contributed by atoms with Crippen LogP contribution >= 0.6 is 22.9 Å². The lowest BCUT2D eigenvalue weighted by Gasteiger charge is -2.06. The van der Waals surface area contributed by atoms with Crippen molar-refractivity contribution >= 4 is 22.9 Å². The molecule has 2 nitrogen and oxygen atoms in total. The van der Waals surface area contributed by atoms with Crippen LogP contribution in [0, 0.1) is 0 Å². The third kappa shape index (κ3) is 2.27. The Kier molecular flexibility index (Phi) is 3.42. The molecule has 1 aromatic rings. The highest BCUT2D eigenvalue weighted by Crippen LogP contribution is 2.28. The van der Waals surface area contributed by atoms with Crippen molar-refractivity contribution < 1.29 is 0 Å². The largest absolute Gasteiger partial charge is 0.306 e. The lowest BCUT2D eigenvalue weighted by molar-refractivity contribution is 0.411. The topological polar surface area (TPSA) is 16.1 Å². The van der Waals surface area contributed by atoms with E-state index in [1.165, 1.54) is 18.0 Å². The van der Waals surface area contributed by atoms with Crippen LogP contribution in [0.3, 0.4) is 0 Å². The molecule has 1 aliphatic heterocycles. The molecule has 0 aliphatic carbocycles. The smallest absolute Gasteiger partial charge is 0.0972 e. The molecule has 1 fully saturated rings. The molecule has 1 aliphatic rings. The van der Waals surface area contributed by atoms with Gasteiger partial charge in [0, 0.05) is 30.1 Å². The monoisotopic (exact) mass is 230 g/mol. The van der Waals surface area contributed by atoms with Gasteiger partial charge < -0.3 is 4.90 Å². The number of halogens is 1. The zero-order valence-electron chi connectivity index (χ0n) is 8.37. The van der Waals surface area contributed by atoms with E-state index < -0.39 is 0 Å². The number of hydrogen-bond donors (Lipinski definition) is 0. The minimum absolute atomic E-state index is 0.661. The number of alkyl halides is 1. The first-order valence-electron chi connectivity index (χ1n) is 4.98. The van der Waals surface area contributed by atoms with Crippen molar-refractivity contribution in [3.63, 3.8) is 0 Å². The number of aromatic nitrogens is 1. The highest BCUT2D eigenvalue weighted by atomic mass is 35.5. The molecule has 78 valence electrons. The lowest BCUT2D eigenvalue weighted by atomic mass is 10.1. The van der Waals surface area contributed by atoms with Crippen molar-refractivity contribution in [3.8, 4) is 0 Å². The molecule has 14 heavy (non-hydrogen) atoms. The molecular weight excluding hydrogens is 216 g/mol. The molecule has 0 aromatic carbocycles. The van der Waals surface area contributed by atoms with Gasteiger partial charge in [0.2, 0.25) is 0 Å². The molecule has 0 N–H and O–H groups in total. The molecule has 2 heterocycles. The Morgan fingerprint density at radius 2 is 2.57 bits per heavy atom. The van der Waals surface area contributed by atoms with E-state index in [1.54, 1.807) is 11.3 Å². The normalized spacial score (nSPS) is 23.1. The Morgan fingerprint density at radius 3 is 3.21 bits per heavy atom. The maximum Gasteiger partial charge on any atom is 0.0972 e. The van der Waals surface area contributed by atoms with E-state index in [2.05, 4.69) is 22.3 Å². The van der Waals surface area contributed by atoms with Gasteiger partial charge in [-0.15, -0.1) is 22.9 Å². The summed E-state index contributed by atoms with van der Waals surface area (Å²) in [6, 6.07) is 0. The first-order chi connectivity index (χ1) is 6.79. The summed E-state index contributed by atoms with van der Waals surface area (Å²) in [6.07, 6.45) is 2.16. The summed E-state index contributed by atoms with van der Waals surface area (Å²) in [5.74, 6) is 1.34. The number of likely N-dealkylation sites (tertiary alicyclic amines) is 1. The standard InChI is InChI=1S/C10H15ClN2S/c1-13-5-3-8(6-13)10-12-9(2-4-11)7-14-10/h7-8H,2-6H2,1H3. The fourth-order valence-corrected chi connectivity index (χ4v) is 3.03. The molecule has 1 unspecified atom stereocenters. The first-order valence-corrected chi connectivity index (χ1v) is 6.40. The number of hydrogen-bond acceptors (Lipinski definition) is 3. The molecule has 1 aromatic heterocycles. The van der Waals surface area contributed by atoms with Crippen molar-refractivity contribution in [2.24, 2.45) is 0 Å². The summed E-state index contributed by atoms with van der Waals surface area (Å²) in [5, 5.41) is 3.45. The Hall–Kier alpha value is -0.120. The van der Waals surface area contributed by atoms with Crippen LogP contribution in [0.4, 0.5) is 0 Å². The second-order valence-corrected chi connectivity index (χ2v) is 5.13. The Balaban J connectivity index is 2.02. The Morgan fingerprint density at radius 1 is 1.71 bits per heavy atom. The fraction of sp³-hybridized carbons (Fsp3) is 0.700. The van der Waals surface area contributed by atoms with Crippen LogP contribution in [-0.2, 0) is 6.42 Å². The number of aryl methyl sites for hydroxylation is 1. The summed E-state index contributed by atoms with van der Waals surface area (Å²) < 4.78 is 0. The van der Waals surface area contributed by atoms with Crippen LogP contribution in [-0.4, -0.2) is 35.9 Å². The van der Waals surface area contributed by atoms with Crippen molar-refractivity contribution in [2.75, 3.05) is 26.0 Å². The highest BCUT2D eigenvalue weighted by molar-refractivity contribution is 7.09. The quantitative estimate of drug-likeness (QED) is 0.742. The number of likely N-dealkylation sites (N-methyl/N-ethyl adjacent to an activating group) is 1. The summed E-state index contributed by atoms with van der Waals surface area (Å²) >= 11 is 7.48. The number of rotatable bonds is 3. The molecule has 0 saturated carbocycles. The molecule has 0 amide bonds. The van der Waals surface area contributed by atoms with Crippen LogP contribution in [0.5, 0.6) is 0 Å². The summed E-state index contributed by atoms with van der Waals surface area (Å²) in [7, 11) is 2.17. The Bertz CT molecular complexity index is 300. The van der Waals surface area contributed by atoms with Gasteiger partial charge in [0.1, 0.15) is 0 Å². The maximum atomic E-state index is 5.68. The zero-order valence-corrected chi connectivity index (χ0v) is 9.94. The highest BCUT2D eigenvalue weighted by Gasteiger charge is 2.23. The van der Waals surface area contributed by atoms with Gasteiger partial charge in [0.25, 0.3) is 0 Å². The average molecular weight is 231 g/mol. The van der Waals surface area contributed by atoms with E-state index in [-0.39, 0.29) is 0 Å². The third-order valence-electron chi connectivity index (χ3n) is 2.66. The van der Waals surface area contributed by atoms with Gasteiger partial charge in [-0.05, 0) is 20.0 Å². The molecule has 0 spiro atoms. The summed E-state index contributed by atoms with van der Waals surface area (Å²) in [5.41, 5.74) is 1.16. The molecule has 1 saturated heterocycles. The van der Waals surface area contributed by atoms with E-state index >= 15 is 0 Å². The van der Waals surface area contributed by atoms with E-state index in [4.69, 9.17) is 11.6 Å². The van der Waals surface area contributed by atoms with Crippen molar-refractivity contribution in [1.29, 1.82) is 0 Å². The van der Waals surface area contributed by atoms with Gasteiger partial charge >= 0.3 is 0 Å². The SMILES string of the molecule is CN1CCC(c2nc(CCCl)cs2)C1. The van der Waals surface area contributed by atoms with Gasteiger partial charge in [0.05, 0.1) is 10.7 Å². The van der Waals surface area contributed by atoms with E-state index in [0.29, 0.717) is 11.8 Å². The van der Waals surface area contributed by atoms with Gasteiger partial charge in [-0.3, -0.25) is 0 Å². The van der Waals surface area contributed by atoms with E-state index in [9.17, 15) is 0 Å². The molecular formula is C10H15ClN2S. The second kappa shape index (κ2) is 4.60. The van der Waals surface area contributed by atoms with Crippen molar-refractivity contribution in [1.82, 2.24) is 9.88 Å². The molecule has 0 bridgehead atoms. The van der Waals surface area contributed by atoms with Crippen LogP contribution in [0.25, 0.3) is 0 Å². The van der Waals surface area contributed by atoms with Crippen LogP contribution in [0.2, 0.25) is 0 Å². The van der Waals surface area contributed by atoms with Crippen molar-refractivity contribution in [2.45, 2.75) is 18.8 Å².